The average Bonchev–Trinajstić information content (AvgIpc) is 2.78. The molecule has 0 aliphatic rings. The molecule has 17 heavy (non-hydrogen) atoms. The highest BCUT2D eigenvalue weighted by Crippen LogP contribution is 2.31. The third kappa shape index (κ3) is 2.85. The number of aliphatic carboxylic acids is 1. The van der Waals surface area contributed by atoms with Crippen molar-refractivity contribution in [3.05, 3.63) is 22.4 Å². The molecule has 0 bridgehead atoms. The van der Waals surface area contributed by atoms with E-state index in [1.165, 1.54) is 11.3 Å². The number of thiophene rings is 1. The van der Waals surface area contributed by atoms with Crippen molar-refractivity contribution in [2.45, 2.75) is 26.7 Å². The van der Waals surface area contributed by atoms with Gasteiger partial charge in [-0.3, -0.25) is 9.59 Å². The van der Waals surface area contributed by atoms with Crippen LogP contribution >= 0.6 is 11.3 Å². The predicted molar refractivity (Wildman–Crippen MR) is 65.0 cm³/mol. The van der Waals surface area contributed by atoms with Crippen LogP contribution in [0, 0.1) is 5.41 Å². The summed E-state index contributed by atoms with van der Waals surface area (Å²) in [7, 11) is 0. The van der Waals surface area contributed by atoms with Gasteiger partial charge in [-0.25, -0.2) is 0 Å². The fraction of sp³-hybridized carbons (Fsp3) is 0.500. The van der Waals surface area contributed by atoms with E-state index in [0.29, 0.717) is 0 Å². The second kappa shape index (κ2) is 5.82. The van der Waals surface area contributed by atoms with Gasteiger partial charge in [-0.05, 0) is 24.8 Å². The maximum atomic E-state index is 11.9. The molecule has 1 heterocycles. The van der Waals surface area contributed by atoms with Crippen molar-refractivity contribution in [2.24, 2.45) is 5.41 Å². The van der Waals surface area contributed by atoms with Crippen LogP contribution in [-0.2, 0) is 20.7 Å². The molecule has 0 fully saturated rings. The Kier molecular flexibility index (Phi) is 4.69. The number of carboxylic acid groups (broad SMARTS) is 1. The third-order valence-electron chi connectivity index (χ3n) is 2.74. The van der Waals surface area contributed by atoms with Crippen LogP contribution in [0.5, 0.6) is 0 Å². The molecule has 1 rings (SSSR count). The molecular weight excluding hydrogens is 240 g/mol. The number of carbonyl (C=O) groups is 2. The molecule has 0 saturated carbocycles. The van der Waals surface area contributed by atoms with Gasteiger partial charge < -0.3 is 9.84 Å². The zero-order valence-electron chi connectivity index (χ0n) is 9.93. The summed E-state index contributed by atoms with van der Waals surface area (Å²) >= 11 is 1.45. The second-order valence-electron chi connectivity index (χ2n) is 3.72. The van der Waals surface area contributed by atoms with Crippen LogP contribution in [0.1, 0.15) is 25.1 Å². The van der Waals surface area contributed by atoms with E-state index in [1.807, 2.05) is 17.5 Å². The molecule has 0 spiro atoms. The van der Waals surface area contributed by atoms with E-state index in [1.54, 1.807) is 13.8 Å². The highest BCUT2D eigenvalue weighted by Gasteiger charge is 2.46. The molecule has 1 N–H and O–H groups in total. The van der Waals surface area contributed by atoms with E-state index >= 15 is 0 Å². The molecular formula is C12H16O4S. The maximum absolute atomic E-state index is 11.9. The summed E-state index contributed by atoms with van der Waals surface area (Å²) in [6.07, 6.45) is 0.411. The molecule has 4 nitrogen and oxygen atoms in total. The Hall–Kier alpha value is -1.36. The van der Waals surface area contributed by atoms with Crippen LogP contribution in [0.15, 0.2) is 17.5 Å². The minimum absolute atomic E-state index is 0.190. The Morgan fingerprint density at radius 2 is 2.18 bits per heavy atom. The SMILES string of the molecule is CCOC(=O)C(CC)(Cc1cccs1)C(=O)O. The van der Waals surface area contributed by atoms with Crippen molar-refractivity contribution in [3.63, 3.8) is 0 Å². The molecule has 1 atom stereocenters. The molecule has 0 radical (unpaired) electrons. The van der Waals surface area contributed by atoms with Crippen LogP contribution in [0.25, 0.3) is 0 Å². The maximum Gasteiger partial charge on any atom is 0.323 e. The summed E-state index contributed by atoms with van der Waals surface area (Å²) in [5.74, 6) is -1.77. The average molecular weight is 256 g/mol. The Morgan fingerprint density at radius 1 is 1.47 bits per heavy atom. The molecule has 94 valence electrons. The molecule has 0 amide bonds. The first kappa shape index (κ1) is 13.7. The van der Waals surface area contributed by atoms with E-state index in [-0.39, 0.29) is 19.4 Å². The normalized spacial score (nSPS) is 14.0. The zero-order valence-corrected chi connectivity index (χ0v) is 10.8. The summed E-state index contributed by atoms with van der Waals surface area (Å²) in [5, 5.41) is 11.2. The van der Waals surface area contributed by atoms with Gasteiger partial charge in [0.05, 0.1) is 6.61 Å². The minimum atomic E-state index is -1.46. The number of ether oxygens (including phenoxy) is 1. The molecule has 0 aromatic carbocycles. The molecule has 1 unspecified atom stereocenters. The predicted octanol–water partition coefficient (Wildman–Crippen LogP) is 2.33. The monoisotopic (exact) mass is 256 g/mol. The standard InChI is InChI=1S/C12H16O4S/c1-3-12(10(13)14,11(15)16-4-2)8-9-6-5-7-17-9/h5-7H,3-4,8H2,1-2H3,(H,13,14). The van der Waals surface area contributed by atoms with Crippen LogP contribution < -0.4 is 0 Å². The molecule has 1 aromatic rings. The highest BCUT2D eigenvalue weighted by molar-refractivity contribution is 7.09. The summed E-state index contributed by atoms with van der Waals surface area (Å²) in [4.78, 5) is 24.1. The van der Waals surface area contributed by atoms with E-state index in [9.17, 15) is 14.7 Å². The fourth-order valence-corrected chi connectivity index (χ4v) is 2.45. The number of carbonyl (C=O) groups excluding carboxylic acids is 1. The van der Waals surface area contributed by atoms with Crippen molar-refractivity contribution >= 4 is 23.3 Å². The van der Waals surface area contributed by atoms with E-state index < -0.39 is 17.4 Å². The summed E-state index contributed by atoms with van der Waals surface area (Å²) in [5.41, 5.74) is -1.46. The Labute approximate surface area is 104 Å². The number of carboxylic acids is 1. The Bertz CT molecular complexity index is 385. The van der Waals surface area contributed by atoms with Gasteiger partial charge in [0.25, 0.3) is 0 Å². The quantitative estimate of drug-likeness (QED) is 0.626. The molecule has 5 heteroatoms. The minimum Gasteiger partial charge on any atom is -0.480 e. The fourth-order valence-electron chi connectivity index (χ4n) is 1.64. The first-order chi connectivity index (χ1) is 8.06. The van der Waals surface area contributed by atoms with Crippen molar-refractivity contribution in [2.75, 3.05) is 6.61 Å². The summed E-state index contributed by atoms with van der Waals surface area (Å²) < 4.78 is 4.89. The molecule has 0 aliphatic carbocycles. The largest absolute Gasteiger partial charge is 0.480 e. The molecule has 0 aliphatic heterocycles. The van der Waals surface area contributed by atoms with Gasteiger partial charge in [-0.15, -0.1) is 11.3 Å². The topological polar surface area (TPSA) is 63.6 Å². The number of rotatable bonds is 6. The Morgan fingerprint density at radius 3 is 2.59 bits per heavy atom. The van der Waals surface area contributed by atoms with E-state index in [0.717, 1.165) is 4.88 Å². The number of hydrogen-bond donors (Lipinski definition) is 1. The van der Waals surface area contributed by atoms with Crippen molar-refractivity contribution in [1.82, 2.24) is 0 Å². The third-order valence-corrected chi connectivity index (χ3v) is 3.61. The first-order valence-corrected chi connectivity index (χ1v) is 6.37. The Balaban J connectivity index is 3.00. The zero-order chi connectivity index (χ0) is 12.9. The lowest BCUT2D eigenvalue weighted by Gasteiger charge is -2.25. The molecule has 1 aromatic heterocycles. The van der Waals surface area contributed by atoms with Gasteiger partial charge in [0.2, 0.25) is 0 Å². The first-order valence-electron chi connectivity index (χ1n) is 5.49. The smallest absolute Gasteiger partial charge is 0.323 e. The molecule has 0 saturated heterocycles. The van der Waals surface area contributed by atoms with Gasteiger partial charge in [0.15, 0.2) is 5.41 Å². The van der Waals surface area contributed by atoms with Crippen molar-refractivity contribution in [1.29, 1.82) is 0 Å². The van der Waals surface area contributed by atoms with Gasteiger partial charge in [0.1, 0.15) is 0 Å². The second-order valence-corrected chi connectivity index (χ2v) is 4.75. The van der Waals surface area contributed by atoms with Crippen LogP contribution in [0.2, 0.25) is 0 Å². The number of esters is 1. The van der Waals surface area contributed by atoms with E-state index in [2.05, 4.69) is 0 Å². The van der Waals surface area contributed by atoms with Crippen LogP contribution in [-0.4, -0.2) is 23.7 Å². The van der Waals surface area contributed by atoms with Crippen LogP contribution in [0.4, 0.5) is 0 Å². The summed E-state index contributed by atoms with van der Waals surface area (Å²) in [6, 6.07) is 3.67. The lowest BCUT2D eigenvalue weighted by molar-refractivity contribution is -0.168. The van der Waals surface area contributed by atoms with Gasteiger partial charge in [-0.2, -0.15) is 0 Å². The highest BCUT2D eigenvalue weighted by atomic mass is 32.1. The van der Waals surface area contributed by atoms with E-state index in [4.69, 9.17) is 4.74 Å². The van der Waals surface area contributed by atoms with Crippen molar-refractivity contribution < 1.29 is 19.4 Å². The van der Waals surface area contributed by atoms with Crippen LogP contribution in [0.3, 0.4) is 0 Å². The lowest BCUT2D eigenvalue weighted by Crippen LogP contribution is -2.42. The number of hydrogen-bond acceptors (Lipinski definition) is 4. The van der Waals surface area contributed by atoms with Gasteiger partial charge >= 0.3 is 11.9 Å². The van der Waals surface area contributed by atoms with Gasteiger partial charge in [0, 0.05) is 11.3 Å². The van der Waals surface area contributed by atoms with Gasteiger partial charge in [-0.1, -0.05) is 13.0 Å². The summed E-state index contributed by atoms with van der Waals surface area (Å²) in [6.45, 7) is 3.56. The lowest BCUT2D eigenvalue weighted by atomic mass is 9.81. The van der Waals surface area contributed by atoms with Crippen molar-refractivity contribution in [3.8, 4) is 0 Å².